The van der Waals surface area contributed by atoms with Crippen molar-refractivity contribution in [3.63, 3.8) is 0 Å². The van der Waals surface area contributed by atoms with Crippen LogP contribution in [0.15, 0.2) is 24.3 Å². The lowest BCUT2D eigenvalue weighted by Crippen LogP contribution is -2.16. The predicted octanol–water partition coefficient (Wildman–Crippen LogP) is 0.672. The van der Waals surface area contributed by atoms with E-state index in [0.717, 1.165) is 0 Å². The van der Waals surface area contributed by atoms with Crippen LogP contribution in [0.25, 0.3) is 0 Å². The molecule has 1 aromatic rings. The number of nitrogens with one attached hydrogen (secondary N) is 1. The summed E-state index contributed by atoms with van der Waals surface area (Å²) in [6.07, 6.45) is 0.220. The summed E-state index contributed by atoms with van der Waals surface area (Å²) in [6.45, 7) is 0.268. The Bertz CT molecular complexity index is 377. The summed E-state index contributed by atoms with van der Waals surface area (Å²) >= 11 is 0. The summed E-state index contributed by atoms with van der Waals surface area (Å²) in [5.41, 5.74) is 5.81. The van der Waals surface area contributed by atoms with Crippen LogP contribution < -0.4 is 11.1 Å². The van der Waals surface area contributed by atoms with Crippen molar-refractivity contribution in [2.75, 3.05) is 11.9 Å². The van der Waals surface area contributed by atoms with Crippen LogP contribution in [0.4, 0.5) is 5.69 Å². The zero-order valence-electron chi connectivity index (χ0n) is 8.06. The van der Waals surface area contributed by atoms with Crippen molar-refractivity contribution in [2.45, 2.75) is 6.42 Å². The molecule has 0 aliphatic carbocycles. The third kappa shape index (κ3) is 3.40. The van der Waals surface area contributed by atoms with E-state index in [-0.39, 0.29) is 24.4 Å². The molecular formula is C10H12N2O3. The Morgan fingerprint density at radius 2 is 2.13 bits per heavy atom. The summed E-state index contributed by atoms with van der Waals surface area (Å²) < 4.78 is 0. The Balaban J connectivity index is 2.73. The lowest BCUT2D eigenvalue weighted by molar-refractivity contribution is -0.116. The van der Waals surface area contributed by atoms with Crippen LogP contribution in [-0.2, 0) is 4.79 Å². The number of anilines is 1. The number of carboxylic acids is 1. The maximum absolute atomic E-state index is 11.2. The van der Waals surface area contributed by atoms with Gasteiger partial charge in [0, 0.05) is 18.7 Å². The van der Waals surface area contributed by atoms with Gasteiger partial charge < -0.3 is 16.2 Å². The number of amides is 1. The standard InChI is InChI=1S/C10H12N2O3/c11-5-4-9(13)12-8-3-1-2-7(6-8)10(14)15/h1-3,6H,4-5,11H2,(H,12,13)(H,14,15). The van der Waals surface area contributed by atoms with Gasteiger partial charge in [-0.1, -0.05) is 6.07 Å². The first kappa shape index (κ1) is 11.2. The van der Waals surface area contributed by atoms with Gasteiger partial charge in [0.05, 0.1) is 5.56 Å². The average molecular weight is 208 g/mol. The molecule has 4 N–H and O–H groups in total. The van der Waals surface area contributed by atoms with Crippen LogP contribution in [-0.4, -0.2) is 23.5 Å². The average Bonchev–Trinajstić information content (AvgIpc) is 2.18. The third-order valence-corrected chi connectivity index (χ3v) is 1.76. The second kappa shape index (κ2) is 5.11. The number of benzene rings is 1. The van der Waals surface area contributed by atoms with Crippen molar-refractivity contribution in [2.24, 2.45) is 5.73 Å². The molecule has 0 bridgehead atoms. The topological polar surface area (TPSA) is 92.4 Å². The van der Waals surface area contributed by atoms with Crippen LogP contribution in [0.3, 0.4) is 0 Å². The molecule has 0 spiro atoms. The lowest BCUT2D eigenvalue weighted by Gasteiger charge is -2.04. The second-order valence-electron chi connectivity index (χ2n) is 2.97. The Morgan fingerprint density at radius 3 is 2.73 bits per heavy atom. The summed E-state index contributed by atoms with van der Waals surface area (Å²) in [4.78, 5) is 21.8. The first-order valence-corrected chi connectivity index (χ1v) is 4.47. The number of aromatic carboxylic acids is 1. The fourth-order valence-corrected chi connectivity index (χ4v) is 1.08. The molecule has 0 unspecified atom stereocenters. The Labute approximate surface area is 86.9 Å². The number of hydrogen-bond acceptors (Lipinski definition) is 3. The Hall–Kier alpha value is -1.88. The van der Waals surface area contributed by atoms with E-state index in [9.17, 15) is 9.59 Å². The minimum absolute atomic E-state index is 0.139. The highest BCUT2D eigenvalue weighted by atomic mass is 16.4. The van der Waals surface area contributed by atoms with Crippen molar-refractivity contribution in [3.8, 4) is 0 Å². The zero-order chi connectivity index (χ0) is 11.3. The van der Waals surface area contributed by atoms with Crippen molar-refractivity contribution >= 4 is 17.6 Å². The molecule has 0 aromatic heterocycles. The summed E-state index contributed by atoms with van der Waals surface area (Å²) in [5, 5.41) is 11.3. The van der Waals surface area contributed by atoms with E-state index in [1.807, 2.05) is 0 Å². The largest absolute Gasteiger partial charge is 0.478 e. The maximum Gasteiger partial charge on any atom is 0.335 e. The minimum atomic E-state index is -1.02. The highest BCUT2D eigenvalue weighted by molar-refractivity contribution is 5.93. The van der Waals surface area contributed by atoms with Crippen LogP contribution >= 0.6 is 0 Å². The van der Waals surface area contributed by atoms with Crippen LogP contribution in [0.1, 0.15) is 16.8 Å². The molecule has 0 saturated heterocycles. The molecule has 0 aliphatic rings. The molecule has 0 heterocycles. The van der Waals surface area contributed by atoms with Crippen molar-refractivity contribution in [1.29, 1.82) is 0 Å². The zero-order valence-corrected chi connectivity index (χ0v) is 8.06. The molecule has 0 fully saturated rings. The van der Waals surface area contributed by atoms with E-state index in [4.69, 9.17) is 10.8 Å². The van der Waals surface area contributed by atoms with Gasteiger partial charge in [0.25, 0.3) is 0 Å². The number of hydrogen-bond donors (Lipinski definition) is 3. The van der Waals surface area contributed by atoms with Crippen LogP contribution in [0, 0.1) is 0 Å². The smallest absolute Gasteiger partial charge is 0.335 e. The van der Waals surface area contributed by atoms with Gasteiger partial charge in [0.15, 0.2) is 0 Å². The van der Waals surface area contributed by atoms with Gasteiger partial charge in [-0.15, -0.1) is 0 Å². The molecule has 1 aromatic carbocycles. The van der Waals surface area contributed by atoms with Gasteiger partial charge in [-0.2, -0.15) is 0 Å². The Kier molecular flexibility index (Phi) is 3.82. The maximum atomic E-state index is 11.2. The summed E-state index contributed by atoms with van der Waals surface area (Å²) in [6, 6.07) is 6.06. The van der Waals surface area contributed by atoms with E-state index in [1.54, 1.807) is 12.1 Å². The van der Waals surface area contributed by atoms with Gasteiger partial charge in [-0.05, 0) is 18.2 Å². The molecular weight excluding hydrogens is 196 g/mol. The molecule has 1 amide bonds. The van der Waals surface area contributed by atoms with Gasteiger partial charge in [0.1, 0.15) is 0 Å². The predicted molar refractivity (Wildman–Crippen MR) is 55.7 cm³/mol. The van der Waals surface area contributed by atoms with Gasteiger partial charge in [-0.3, -0.25) is 4.79 Å². The normalized spacial score (nSPS) is 9.67. The van der Waals surface area contributed by atoms with Gasteiger partial charge in [-0.25, -0.2) is 4.79 Å². The Morgan fingerprint density at radius 1 is 1.40 bits per heavy atom. The summed E-state index contributed by atoms with van der Waals surface area (Å²) in [7, 11) is 0. The first-order chi connectivity index (χ1) is 7.13. The van der Waals surface area contributed by atoms with E-state index in [1.165, 1.54) is 12.1 Å². The fraction of sp³-hybridized carbons (Fsp3) is 0.200. The van der Waals surface area contributed by atoms with Crippen LogP contribution in [0.2, 0.25) is 0 Å². The van der Waals surface area contributed by atoms with Crippen molar-refractivity contribution in [1.82, 2.24) is 0 Å². The number of rotatable bonds is 4. The van der Waals surface area contributed by atoms with E-state index >= 15 is 0 Å². The van der Waals surface area contributed by atoms with Gasteiger partial charge >= 0.3 is 5.97 Å². The first-order valence-electron chi connectivity index (χ1n) is 4.47. The summed E-state index contributed by atoms with van der Waals surface area (Å²) in [5.74, 6) is -1.25. The molecule has 0 radical (unpaired) electrons. The third-order valence-electron chi connectivity index (χ3n) is 1.76. The lowest BCUT2D eigenvalue weighted by atomic mass is 10.2. The molecule has 0 saturated carbocycles. The molecule has 0 aliphatic heterocycles. The van der Waals surface area contributed by atoms with E-state index < -0.39 is 5.97 Å². The number of nitrogens with two attached hydrogens (primary N) is 1. The van der Waals surface area contributed by atoms with E-state index in [2.05, 4.69) is 5.32 Å². The number of carbonyl (C=O) groups excluding carboxylic acids is 1. The minimum Gasteiger partial charge on any atom is -0.478 e. The van der Waals surface area contributed by atoms with E-state index in [0.29, 0.717) is 5.69 Å². The van der Waals surface area contributed by atoms with Crippen LogP contribution in [0.5, 0.6) is 0 Å². The van der Waals surface area contributed by atoms with Crippen molar-refractivity contribution < 1.29 is 14.7 Å². The quantitative estimate of drug-likeness (QED) is 0.678. The fourth-order valence-electron chi connectivity index (χ4n) is 1.08. The highest BCUT2D eigenvalue weighted by Crippen LogP contribution is 2.10. The second-order valence-corrected chi connectivity index (χ2v) is 2.97. The van der Waals surface area contributed by atoms with Crippen molar-refractivity contribution in [3.05, 3.63) is 29.8 Å². The SMILES string of the molecule is NCCC(=O)Nc1cccc(C(=O)O)c1. The molecule has 0 atom stereocenters. The molecule has 5 nitrogen and oxygen atoms in total. The number of carboxylic acid groups (broad SMARTS) is 1. The molecule has 1 rings (SSSR count). The molecule has 15 heavy (non-hydrogen) atoms. The molecule has 5 heteroatoms. The van der Waals surface area contributed by atoms with Gasteiger partial charge in [0.2, 0.25) is 5.91 Å². The molecule has 80 valence electrons. The number of carbonyl (C=O) groups is 2. The highest BCUT2D eigenvalue weighted by Gasteiger charge is 2.05. The monoisotopic (exact) mass is 208 g/mol.